The van der Waals surface area contributed by atoms with Gasteiger partial charge in [0.25, 0.3) is 0 Å². The molecule has 0 aliphatic carbocycles. The lowest BCUT2D eigenvalue weighted by Gasteiger charge is -2.16. The predicted octanol–water partition coefficient (Wildman–Crippen LogP) is 2.62. The van der Waals surface area contributed by atoms with E-state index in [1.54, 1.807) is 18.5 Å². The lowest BCUT2D eigenvalue weighted by Crippen LogP contribution is -2.29. The number of nitrogens with two attached hydrogens (primary N) is 1. The van der Waals surface area contributed by atoms with Crippen molar-refractivity contribution in [2.24, 2.45) is 5.84 Å². The molecule has 2 aromatic rings. The third-order valence-corrected chi connectivity index (χ3v) is 3.10. The summed E-state index contributed by atoms with van der Waals surface area (Å²) in [5.74, 6) is 5.20. The van der Waals surface area contributed by atoms with Crippen molar-refractivity contribution in [1.82, 2.24) is 10.4 Å². The molecule has 0 bridgehead atoms. The van der Waals surface area contributed by atoms with E-state index in [0.717, 1.165) is 11.1 Å². The number of nitrogens with one attached hydrogen (secondary N) is 1. The highest BCUT2D eigenvalue weighted by atomic mass is 35.5. The van der Waals surface area contributed by atoms with Crippen LogP contribution in [0.15, 0.2) is 42.7 Å². The summed E-state index contributed by atoms with van der Waals surface area (Å²) in [7, 11) is 0. The fraction of sp³-hybridized carbons (Fsp3) is 0.154. The zero-order chi connectivity index (χ0) is 13.0. The highest BCUT2D eigenvalue weighted by molar-refractivity contribution is 6.31. The number of benzene rings is 1. The van der Waals surface area contributed by atoms with Crippen molar-refractivity contribution in [2.45, 2.75) is 12.5 Å². The zero-order valence-electron chi connectivity index (χ0n) is 9.61. The monoisotopic (exact) mass is 265 g/mol. The minimum atomic E-state index is -0.343. The summed E-state index contributed by atoms with van der Waals surface area (Å²) < 4.78 is 13.0. The van der Waals surface area contributed by atoms with Crippen molar-refractivity contribution < 1.29 is 4.39 Å². The van der Waals surface area contributed by atoms with Gasteiger partial charge < -0.3 is 0 Å². The fourth-order valence-corrected chi connectivity index (χ4v) is 2.02. The Morgan fingerprint density at radius 2 is 2.00 bits per heavy atom. The van der Waals surface area contributed by atoms with E-state index in [4.69, 9.17) is 17.4 Å². The number of nitrogens with zero attached hydrogens (tertiary/aromatic N) is 1. The average Bonchev–Trinajstić information content (AvgIpc) is 2.39. The summed E-state index contributed by atoms with van der Waals surface area (Å²) in [6, 6.07) is 8.03. The standard InChI is InChI=1S/C13H13ClFN3/c14-12-8-11(15)2-1-10(12)7-13(18-16)9-3-5-17-6-4-9/h1-6,8,13,18H,7,16H2. The van der Waals surface area contributed by atoms with Crippen molar-refractivity contribution in [3.8, 4) is 0 Å². The van der Waals surface area contributed by atoms with Crippen molar-refractivity contribution in [1.29, 1.82) is 0 Å². The van der Waals surface area contributed by atoms with Crippen molar-refractivity contribution in [2.75, 3.05) is 0 Å². The van der Waals surface area contributed by atoms with E-state index in [0.29, 0.717) is 11.4 Å². The first-order valence-corrected chi connectivity index (χ1v) is 5.88. The topological polar surface area (TPSA) is 50.9 Å². The van der Waals surface area contributed by atoms with Crippen LogP contribution in [0.25, 0.3) is 0 Å². The molecular weight excluding hydrogens is 253 g/mol. The van der Waals surface area contributed by atoms with Gasteiger partial charge in [-0.25, -0.2) is 4.39 Å². The molecule has 94 valence electrons. The van der Waals surface area contributed by atoms with Crippen LogP contribution >= 0.6 is 11.6 Å². The first-order valence-electron chi connectivity index (χ1n) is 5.50. The molecule has 0 aliphatic rings. The van der Waals surface area contributed by atoms with Gasteiger partial charge in [0, 0.05) is 17.4 Å². The Morgan fingerprint density at radius 3 is 2.61 bits per heavy atom. The number of halogens is 2. The summed E-state index contributed by atoms with van der Waals surface area (Å²) in [5.41, 5.74) is 4.58. The van der Waals surface area contributed by atoms with Gasteiger partial charge in [-0.1, -0.05) is 17.7 Å². The largest absolute Gasteiger partial charge is 0.271 e. The molecule has 1 aromatic carbocycles. The summed E-state index contributed by atoms with van der Waals surface area (Å²) in [6.45, 7) is 0. The van der Waals surface area contributed by atoms with Gasteiger partial charge in [0.15, 0.2) is 0 Å². The van der Waals surface area contributed by atoms with E-state index < -0.39 is 0 Å². The Labute approximate surface area is 110 Å². The maximum absolute atomic E-state index is 13.0. The van der Waals surface area contributed by atoms with Crippen LogP contribution in [0.3, 0.4) is 0 Å². The van der Waals surface area contributed by atoms with Gasteiger partial charge in [0.2, 0.25) is 0 Å². The first kappa shape index (κ1) is 13.0. The Bertz CT molecular complexity index is 519. The molecule has 0 fully saturated rings. The Hall–Kier alpha value is -1.49. The van der Waals surface area contributed by atoms with Gasteiger partial charge in [0.05, 0.1) is 6.04 Å². The number of rotatable bonds is 4. The van der Waals surface area contributed by atoms with Gasteiger partial charge >= 0.3 is 0 Å². The SMILES string of the molecule is NNC(Cc1ccc(F)cc1Cl)c1ccncc1. The predicted molar refractivity (Wildman–Crippen MR) is 69.4 cm³/mol. The van der Waals surface area contributed by atoms with Crippen LogP contribution in [-0.2, 0) is 6.42 Å². The van der Waals surface area contributed by atoms with E-state index in [1.165, 1.54) is 12.1 Å². The van der Waals surface area contributed by atoms with Gasteiger partial charge in [-0.05, 0) is 41.8 Å². The Balaban J connectivity index is 2.21. The van der Waals surface area contributed by atoms with Crippen LogP contribution < -0.4 is 11.3 Å². The third kappa shape index (κ3) is 3.04. The number of hydrazine groups is 1. The molecule has 1 unspecified atom stereocenters. The number of aromatic nitrogens is 1. The lowest BCUT2D eigenvalue weighted by molar-refractivity contribution is 0.550. The highest BCUT2D eigenvalue weighted by Crippen LogP contribution is 2.23. The highest BCUT2D eigenvalue weighted by Gasteiger charge is 2.12. The molecule has 3 nitrogen and oxygen atoms in total. The summed E-state index contributed by atoms with van der Waals surface area (Å²) in [6.07, 6.45) is 3.98. The van der Waals surface area contributed by atoms with Crippen molar-refractivity contribution in [3.63, 3.8) is 0 Å². The van der Waals surface area contributed by atoms with E-state index in [9.17, 15) is 4.39 Å². The molecule has 18 heavy (non-hydrogen) atoms. The van der Waals surface area contributed by atoms with Crippen LogP contribution in [0.1, 0.15) is 17.2 Å². The van der Waals surface area contributed by atoms with E-state index in [2.05, 4.69) is 10.4 Å². The average molecular weight is 266 g/mol. The van der Waals surface area contributed by atoms with Gasteiger partial charge in [-0.2, -0.15) is 0 Å². The van der Waals surface area contributed by atoms with Crippen molar-refractivity contribution >= 4 is 11.6 Å². The number of hydrogen-bond donors (Lipinski definition) is 2. The van der Waals surface area contributed by atoms with Gasteiger partial charge in [0.1, 0.15) is 5.82 Å². The van der Waals surface area contributed by atoms with Gasteiger partial charge in [-0.15, -0.1) is 0 Å². The quantitative estimate of drug-likeness (QED) is 0.660. The summed E-state index contributed by atoms with van der Waals surface area (Å²) in [5, 5.41) is 0.407. The van der Waals surface area contributed by atoms with Crippen LogP contribution in [0, 0.1) is 5.82 Å². The smallest absolute Gasteiger partial charge is 0.124 e. The molecular formula is C13H13ClFN3. The Kier molecular flexibility index (Phi) is 4.25. The second-order valence-corrected chi connectivity index (χ2v) is 4.35. The molecule has 0 saturated carbocycles. The van der Waals surface area contributed by atoms with Crippen LogP contribution in [0.4, 0.5) is 4.39 Å². The summed E-state index contributed by atoms with van der Waals surface area (Å²) in [4.78, 5) is 3.95. The fourth-order valence-electron chi connectivity index (χ4n) is 1.78. The second-order valence-electron chi connectivity index (χ2n) is 3.94. The maximum atomic E-state index is 13.0. The molecule has 0 aliphatic heterocycles. The molecule has 0 radical (unpaired) electrons. The lowest BCUT2D eigenvalue weighted by atomic mass is 10.0. The van der Waals surface area contributed by atoms with Crippen LogP contribution in [0.2, 0.25) is 5.02 Å². The molecule has 1 atom stereocenters. The normalized spacial score (nSPS) is 12.4. The second kappa shape index (κ2) is 5.91. The minimum absolute atomic E-state index is 0.0871. The van der Waals surface area contributed by atoms with Crippen molar-refractivity contribution in [3.05, 3.63) is 64.7 Å². The molecule has 0 amide bonds. The molecule has 0 spiro atoms. The van der Waals surface area contributed by atoms with E-state index in [1.807, 2.05) is 12.1 Å². The molecule has 3 N–H and O–H groups in total. The molecule has 1 aromatic heterocycles. The van der Waals surface area contributed by atoms with Gasteiger partial charge in [-0.3, -0.25) is 16.3 Å². The number of hydrogen-bond acceptors (Lipinski definition) is 3. The maximum Gasteiger partial charge on any atom is 0.124 e. The molecule has 2 rings (SSSR count). The third-order valence-electron chi connectivity index (χ3n) is 2.75. The first-order chi connectivity index (χ1) is 8.70. The van der Waals surface area contributed by atoms with E-state index in [-0.39, 0.29) is 11.9 Å². The molecule has 0 saturated heterocycles. The Morgan fingerprint density at radius 1 is 1.28 bits per heavy atom. The summed E-state index contributed by atoms with van der Waals surface area (Å²) >= 11 is 6.00. The minimum Gasteiger partial charge on any atom is -0.271 e. The zero-order valence-corrected chi connectivity index (χ0v) is 10.4. The number of pyridine rings is 1. The van der Waals surface area contributed by atoms with Crippen LogP contribution in [0.5, 0.6) is 0 Å². The molecule has 5 heteroatoms. The molecule has 1 heterocycles. The van der Waals surface area contributed by atoms with Crippen LogP contribution in [-0.4, -0.2) is 4.98 Å². The van der Waals surface area contributed by atoms with E-state index >= 15 is 0 Å².